The van der Waals surface area contributed by atoms with Crippen LogP contribution in [0, 0.1) is 5.82 Å². The number of hydrogen-bond acceptors (Lipinski definition) is 5. The lowest BCUT2D eigenvalue weighted by atomic mass is 9.85. The van der Waals surface area contributed by atoms with Gasteiger partial charge in [0.05, 0.1) is 29.8 Å². The number of likely N-dealkylation sites (tertiary alicyclic amines) is 1. The molecule has 2 aliphatic heterocycles. The quantitative estimate of drug-likeness (QED) is 0.421. The van der Waals surface area contributed by atoms with Crippen molar-refractivity contribution >= 4 is 43.6 Å². The van der Waals surface area contributed by atoms with Crippen LogP contribution in [0.3, 0.4) is 0 Å². The fourth-order valence-electron chi connectivity index (χ4n) is 4.85. The number of sulfone groups is 1. The molecule has 0 radical (unpaired) electrons. The van der Waals surface area contributed by atoms with Crippen molar-refractivity contribution in [3.63, 3.8) is 0 Å². The Morgan fingerprint density at radius 3 is 2.59 bits per heavy atom. The highest BCUT2D eigenvalue weighted by atomic mass is 79.9. The highest BCUT2D eigenvalue weighted by Gasteiger charge is 2.63. The predicted molar refractivity (Wildman–Crippen MR) is 126 cm³/mol. The van der Waals surface area contributed by atoms with Crippen molar-refractivity contribution in [2.75, 3.05) is 24.6 Å². The van der Waals surface area contributed by atoms with Gasteiger partial charge in [-0.25, -0.2) is 22.4 Å². The van der Waals surface area contributed by atoms with Gasteiger partial charge in [0.1, 0.15) is 10.6 Å². The van der Waals surface area contributed by atoms with Crippen LogP contribution in [0.4, 0.5) is 19.7 Å². The highest BCUT2D eigenvalue weighted by Crippen LogP contribution is 2.54. The van der Waals surface area contributed by atoms with Crippen molar-refractivity contribution in [3.05, 3.63) is 58.3 Å². The molecule has 2 unspecified atom stereocenters. The minimum absolute atomic E-state index is 0.0440. The Morgan fingerprint density at radius 2 is 1.94 bits per heavy atom. The van der Waals surface area contributed by atoms with Crippen molar-refractivity contribution in [1.29, 1.82) is 0 Å². The van der Waals surface area contributed by atoms with Gasteiger partial charge in [-0.05, 0) is 54.8 Å². The standard InChI is InChI=1S/C23H24BrFN2O6S/c1-2-3-12-33-22(30)26-11-10-23(34(31,32)17-7-5-16(25)6-8-17)18-9-4-15(24)13-19(18)27(21(28)29)14-20(23)26/h4-9,13,20H,2-3,10-12,14H2,1H3,(H,28,29). The Morgan fingerprint density at radius 1 is 1.24 bits per heavy atom. The zero-order valence-corrected chi connectivity index (χ0v) is 20.8. The summed E-state index contributed by atoms with van der Waals surface area (Å²) in [6.45, 7) is 1.95. The molecule has 8 nitrogen and oxygen atoms in total. The van der Waals surface area contributed by atoms with E-state index in [1.165, 1.54) is 17.0 Å². The van der Waals surface area contributed by atoms with Gasteiger partial charge in [-0.2, -0.15) is 0 Å². The van der Waals surface area contributed by atoms with Crippen LogP contribution < -0.4 is 4.90 Å². The molecule has 1 N–H and O–H groups in total. The lowest BCUT2D eigenvalue weighted by Crippen LogP contribution is -2.59. The van der Waals surface area contributed by atoms with Gasteiger partial charge < -0.3 is 14.7 Å². The van der Waals surface area contributed by atoms with E-state index < -0.39 is 38.6 Å². The van der Waals surface area contributed by atoms with Gasteiger partial charge in [-0.3, -0.25) is 4.90 Å². The van der Waals surface area contributed by atoms with Crippen molar-refractivity contribution in [3.8, 4) is 0 Å². The fourth-order valence-corrected chi connectivity index (χ4v) is 7.49. The second-order valence-electron chi connectivity index (χ2n) is 8.33. The summed E-state index contributed by atoms with van der Waals surface area (Å²) in [5.74, 6) is -0.578. The number of anilines is 1. The van der Waals surface area contributed by atoms with Crippen LogP contribution >= 0.6 is 15.9 Å². The maximum absolute atomic E-state index is 14.2. The third kappa shape index (κ3) is 3.84. The summed E-state index contributed by atoms with van der Waals surface area (Å²) in [5.41, 5.74) is 0.507. The SMILES string of the molecule is CCCCOC(=O)N1CCC2(S(=O)(=O)c3ccc(F)cc3)c3ccc(Br)cc3N(C(=O)O)CC12. The lowest BCUT2D eigenvalue weighted by molar-refractivity contribution is 0.0939. The summed E-state index contributed by atoms with van der Waals surface area (Å²) in [5, 5.41) is 9.91. The summed E-state index contributed by atoms with van der Waals surface area (Å²) in [6.07, 6.45) is -0.433. The van der Waals surface area contributed by atoms with Gasteiger partial charge in [-0.1, -0.05) is 35.3 Å². The molecule has 0 aliphatic carbocycles. The molecule has 0 aromatic heterocycles. The number of fused-ring (bicyclic) bond motifs is 3. The average Bonchev–Trinajstić information content (AvgIpc) is 3.20. The first kappa shape index (κ1) is 24.5. The van der Waals surface area contributed by atoms with E-state index in [4.69, 9.17) is 4.74 Å². The molecule has 2 atom stereocenters. The number of halogens is 2. The summed E-state index contributed by atoms with van der Waals surface area (Å²) in [7, 11) is -4.20. The largest absolute Gasteiger partial charge is 0.465 e. The van der Waals surface area contributed by atoms with Crippen molar-refractivity contribution in [2.24, 2.45) is 0 Å². The van der Waals surface area contributed by atoms with Gasteiger partial charge in [0, 0.05) is 11.0 Å². The lowest BCUT2D eigenvalue weighted by Gasteiger charge is -2.45. The Labute approximate surface area is 205 Å². The Kier molecular flexibility index (Phi) is 6.61. The van der Waals surface area contributed by atoms with Crippen LogP contribution in [0.25, 0.3) is 0 Å². The van der Waals surface area contributed by atoms with E-state index in [1.807, 2.05) is 6.92 Å². The number of benzene rings is 2. The Balaban J connectivity index is 1.91. The summed E-state index contributed by atoms with van der Waals surface area (Å²) in [6, 6.07) is 8.28. The van der Waals surface area contributed by atoms with Gasteiger partial charge in [0.25, 0.3) is 0 Å². The molecule has 11 heteroatoms. The van der Waals surface area contributed by atoms with Crippen molar-refractivity contribution < 1.29 is 32.2 Å². The van der Waals surface area contributed by atoms with Crippen LogP contribution in [-0.2, 0) is 19.3 Å². The van der Waals surface area contributed by atoms with Crippen LogP contribution in [0.5, 0.6) is 0 Å². The number of nitrogens with zero attached hydrogens (tertiary/aromatic N) is 2. The summed E-state index contributed by atoms with van der Waals surface area (Å²) in [4.78, 5) is 27.4. The minimum atomic E-state index is -4.20. The molecule has 2 aromatic rings. The second kappa shape index (κ2) is 9.18. The first-order valence-corrected chi connectivity index (χ1v) is 13.1. The molecule has 0 saturated carbocycles. The molecular formula is C23H24BrFN2O6S. The van der Waals surface area contributed by atoms with Crippen LogP contribution in [0.15, 0.2) is 51.8 Å². The molecule has 34 heavy (non-hydrogen) atoms. The molecule has 0 bridgehead atoms. The minimum Gasteiger partial charge on any atom is -0.465 e. The smallest absolute Gasteiger partial charge is 0.411 e. The topological polar surface area (TPSA) is 104 Å². The van der Waals surface area contributed by atoms with Gasteiger partial charge in [0.2, 0.25) is 0 Å². The maximum atomic E-state index is 14.2. The zero-order valence-electron chi connectivity index (χ0n) is 18.4. The highest BCUT2D eigenvalue weighted by molar-refractivity contribution is 9.10. The summed E-state index contributed by atoms with van der Waals surface area (Å²) >= 11 is 3.34. The molecule has 1 fully saturated rings. The number of hydrogen-bond donors (Lipinski definition) is 1. The van der Waals surface area contributed by atoms with Crippen LogP contribution in [-0.4, -0.2) is 56.3 Å². The summed E-state index contributed by atoms with van der Waals surface area (Å²) < 4.78 is 46.3. The third-order valence-electron chi connectivity index (χ3n) is 6.49. The van der Waals surface area contributed by atoms with Gasteiger partial charge in [0.15, 0.2) is 9.84 Å². The van der Waals surface area contributed by atoms with E-state index >= 15 is 0 Å². The number of amides is 2. The van der Waals surface area contributed by atoms with E-state index in [-0.39, 0.29) is 42.3 Å². The van der Waals surface area contributed by atoms with Crippen LogP contribution in [0.2, 0.25) is 0 Å². The number of carbonyl (C=O) groups is 2. The van der Waals surface area contributed by atoms with Crippen molar-refractivity contribution in [1.82, 2.24) is 4.90 Å². The van der Waals surface area contributed by atoms with Gasteiger partial charge >= 0.3 is 12.2 Å². The molecule has 2 aromatic carbocycles. The van der Waals surface area contributed by atoms with E-state index in [2.05, 4.69) is 15.9 Å². The molecule has 2 aliphatic rings. The van der Waals surface area contributed by atoms with E-state index in [9.17, 15) is 27.5 Å². The fraction of sp³-hybridized carbons (Fsp3) is 0.391. The second-order valence-corrected chi connectivity index (χ2v) is 11.5. The zero-order chi connectivity index (χ0) is 24.7. The molecule has 2 amide bonds. The average molecular weight is 555 g/mol. The number of rotatable bonds is 5. The molecule has 0 spiro atoms. The molecule has 4 rings (SSSR count). The Bertz CT molecular complexity index is 1220. The molecule has 1 saturated heterocycles. The Hall–Kier alpha value is -2.66. The first-order valence-electron chi connectivity index (χ1n) is 10.9. The van der Waals surface area contributed by atoms with E-state index in [0.29, 0.717) is 10.9 Å². The number of unbranched alkanes of at least 4 members (excludes halogenated alkanes) is 1. The first-order chi connectivity index (χ1) is 16.1. The monoisotopic (exact) mass is 554 g/mol. The number of carboxylic acid groups (broad SMARTS) is 1. The molecule has 2 heterocycles. The maximum Gasteiger partial charge on any atom is 0.411 e. The third-order valence-corrected chi connectivity index (χ3v) is 9.53. The van der Waals surface area contributed by atoms with Gasteiger partial charge in [-0.15, -0.1) is 0 Å². The number of ether oxygens (including phenoxy) is 1. The molecular weight excluding hydrogens is 531 g/mol. The van der Waals surface area contributed by atoms with E-state index in [1.54, 1.807) is 18.2 Å². The van der Waals surface area contributed by atoms with E-state index in [0.717, 1.165) is 23.5 Å². The normalized spacial score (nSPS) is 21.7. The predicted octanol–water partition coefficient (Wildman–Crippen LogP) is 4.77. The molecule has 182 valence electrons. The van der Waals surface area contributed by atoms with Crippen molar-refractivity contribution in [2.45, 2.75) is 41.9 Å². The van der Waals surface area contributed by atoms with Crippen LogP contribution in [0.1, 0.15) is 31.7 Å². The number of carbonyl (C=O) groups excluding carboxylic acids is 1.